The molecule has 7 heteroatoms. The molecule has 0 bridgehead atoms. The van der Waals surface area contributed by atoms with Crippen LogP contribution in [0, 0.1) is 0 Å². The van der Waals surface area contributed by atoms with E-state index in [1.807, 2.05) is 6.20 Å². The van der Waals surface area contributed by atoms with Gasteiger partial charge in [-0.1, -0.05) is 11.6 Å². The maximum absolute atomic E-state index is 9.37. The van der Waals surface area contributed by atoms with Gasteiger partial charge in [0.2, 0.25) is 0 Å². The minimum absolute atomic E-state index is 0.167. The van der Waals surface area contributed by atoms with Crippen molar-refractivity contribution in [2.24, 2.45) is 0 Å². The standard InChI is InChI=1S/C11H12ClN5O/c12-10-8(6-18)11(15-7-14-10)17-4-3-16-2-1-13-9(16)5-17/h1-2,7,18H,3-6H2. The Kier molecular flexibility index (Phi) is 2.89. The number of hydrogen-bond acceptors (Lipinski definition) is 5. The third kappa shape index (κ3) is 1.83. The number of imidazole rings is 1. The molecule has 0 atom stereocenters. The van der Waals surface area contributed by atoms with Crippen LogP contribution < -0.4 is 4.90 Å². The summed E-state index contributed by atoms with van der Waals surface area (Å²) in [4.78, 5) is 14.5. The summed E-state index contributed by atoms with van der Waals surface area (Å²) in [6.07, 6.45) is 5.17. The lowest BCUT2D eigenvalue weighted by Crippen LogP contribution is -2.35. The molecule has 0 saturated heterocycles. The quantitative estimate of drug-likeness (QED) is 0.815. The predicted molar refractivity (Wildman–Crippen MR) is 66.2 cm³/mol. The van der Waals surface area contributed by atoms with Crippen LogP contribution in [0.5, 0.6) is 0 Å². The third-order valence-electron chi connectivity index (χ3n) is 3.07. The molecule has 3 heterocycles. The number of hydrogen-bond donors (Lipinski definition) is 1. The van der Waals surface area contributed by atoms with Gasteiger partial charge in [-0.3, -0.25) is 0 Å². The van der Waals surface area contributed by atoms with Crippen LogP contribution >= 0.6 is 11.6 Å². The molecule has 94 valence electrons. The van der Waals surface area contributed by atoms with Crippen LogP contribution in [0.3, 0.4) is 0 Å². The second kappa shape index (κ2) is 4.55. The molecule has 1 aliphatic heterocycles. The van der Waals surface area contributed by atoms with Gasteiger partial charge in [0, 0.05) is 25.5 Å². The highest BCUT2D eigenvalue weighted by molar-refractivity contribution is 6.30. The van der Waals surface area contributed by atoms with Gasteiger partial charge in [0.15, 0.2) is 0 Å². The summed E-state index contributed by atoms with van der Waals surface area (Å²) in [5, 5.41) is 9.68. The zero-order chi connectivity index (χ0) is 12.5. The average molecular weight is 266 g/mol. The molecule has 0 saturated carbocycles. The zero-order valence-electron chi connectivity index (χ0n) is 9.62. The number of nitrogens with zero attached hydrogens (tertiary/aromatic N) is 5. The van der Waals surface area contributed by atoms with Crippen LogP contribution in [-0.2, 0) is 19.7 Å². The number of halogens is 1. The predicted octanol–water partition coefficient (Wildman–Crippen LogP) is 0.839. The van der Waals surface area contributed by atoms with E-state index in [1.54, 1.807) is 6.20 Å². The Balaban J connectivity index is 1.95. The molecule has 18 heavy (non-hydrogen) atoms. The molecule has 0 aromatic carbocycles. The number of aliphatic hydroxyl groups excluding tert-OH is 1. The van der Waals surface area contributed by atoms with E-state index in [2.05, 4.69) is 24.4 Å². The summed E-state index contributed by atoms with van der Waals surface area (Å²) in [5.74, 6) is 1.67. The fourth-order valence-corrected chi connectivity index (χ4v) is 2.33. The first-order chi connectivity index (χ1) is 8.79. The van der Waals surface area contributed by atoms with Crippen LogP contribution in [0.15, 0.2) is 18.7 Å². The van der Waals surface area contributed by atoms with Crippen LogP contribution in [0.2, 0.25) is 5.15 Å². The number of aliphatic hydroxyl groups is 1. The Morgan fingerprint density at radius 2 is 2.17 bits per heavy atom. The molecule has 0 aliphatic carbocycles. The summed E-state index contributed by atoms with van der Waals surface area (Å²) >= 11 is 5.97. The van der Waals surface area contributed by atoms with E-state index in [4.69, 9.17) is 11.6 Å². The van der Waals surface area contributed by atoms with Crippen LogP contribution in [-0.4, -0.2) is 31.2 Å². The highest BCUT2D eigenvalue weighted by atomic mass is 35.5. The van der Waals surface area contributed by atoms with Crippen molar-refractivity contribution < 1.29 is 5.11 Å². The molecule has 0 radical (unpaired) electrons. The molecule has 2 aromatic rings. The van der Waals surface area contributed by atoms with Gasteiger partial charge in [-0.05, 0) is 0 Å². The molecule has 0 amide bonds. The molecule has 2 aromatic heterocycles. The van der Waals surface area contributed by atoms with Crippen LogP contribution in [0.25, 0.3) is 0 Å². The smallest absolute Gasteiger partial charge is 0.140 e. The second-order valence-electron chi connectivity index (χ2n) is 4.08. The van der Waals surface area contributed by atoms with Crippen LogP contribution in [0.4, 0.5) is 5.82 Å². The van der Waals surface area contributed by atoms with E-state index in [0.717, 1.165) is 18.9 Å². The highest BCUT2D eigenvalue weighted by Gasteiger charge is 2.21. The first-order valence-electron chi connectivity index (χ1n) is 5.65. The fraction of sp³-hybridized carbons (Fsp3) is 0.364. The first kappa shape index (κ1) is 11.4. The second-order valence-corrected chi connectivity index (χ2v) is 4.44. The summed E-state index contributed by atoms with van der Waals surface area (Å²) < 4.78 is 2.11. The number of anilines is 1. The average Bonchev–Trinajstić information content (AvgIpc) is 2.85. The van der Waals surface area contributed by atoms with E-state index in [1.165, 1.54) is 6.33 Å². The Bertz CT molecular complexity index is 570. The molecular formula is C11H12ClN5O. The van der Waals surface area contributed by atoms with Crippen molar-refractivity contribution >= 4 is 17.4 Å². The molecule has 0 unspecified atom stereocenters. The normalized spacial score (nSPS) is 14.7. The van der Waals surface area contributed by atoms with E-state index in [-0.39, 0.29) is 6.61 Å². The lowest BCUT2D eigenvalue weighted by atomic mass is 10.2. The number of rotatable bonds is 2. The van der Waals surface area contributed by atoms with Gasteiger partial charge < -0.3 is 14.6 Å². The minimum atomic E-state index is -0.167. The van der Waals surface area contributed by atoms with Crippen molar-refractivity contribution in [2.45, 2.75) is 19.7 Å². The fourth-order valence-electron chi connectivity index (χ4n) is 2.15. The molecule has 1 N–H and O–H groups in total. The maximum atomic E-state index is 9.37. The zero-order valence-corrected chi connectivity index (χ0v) is 10.4. The van der Waals surface area contributed by atoms with Crippen LogP contribution in [0.1, 0.15) is 11.4 Å². The molecule has 1 aliphatic rings. The van der Waals surface area contributed by atoms with Gasteiger partial charge in [-0.25, -0.2) is 15.0 Å². The van der Waals surface area contributed by atoms with E-state index >= 15 is 0 Å². The molecule has 0 spiro atoms. The Morgan fingerprint density at radius 3 is 3.00 bits per heavy atom. The molecular weight excluding hydrogens is 254 g/mol. The molecule has 0 fully saturated rings. The van der Waals surface area contributed by atoms with E-state index < -0.39 is 0 Å². The molecule has 6 nitrogen and oxygen atoms in total. The number of aromatic nitrogens is 4. The summed E-state index contributed by atoms with van der Waals surface area (Å²) in [6, 6.07) is 0. The lowest BCUT2D eigenvalue weighted by molar-refractivity contribution is 0.281. The van der Waals surface area contributed by atoms with Gasteiger partial charge in [-0.15, -0.1) is 0 Å². The van der Waals surface area contributed by atoms with Crippen molar-refractivity contribution in [3.63, 3.8) is 0 Å². The van der Waals surface area contributed by atoms with Gasteiger partial charge >= 0.3 is 0 Å². The van der Waals surface area contributed by atoms with E-state index in [9.17, 15) is 5.11 Å². The maximum Gasteiger partial charge on any atom is 0.140 e. The van der Waals surface area contributed by atoms with Gasteiger partial charge in [0.25, 0.3) is 0 Å². The highest BCUT2D eigenvalue weighted by Crippen LogP contribution is 2.25. The monoisotopic (exact) mass is 265 g/mol. The third-order valence-corrected chi connectivity index (χ3v) is 3.40. The van der Waals surface area contributed by atoms with E-state index in [0.29, 0.717) is 23.1 Å². The Labute approximate surface area is 109 Å². The number of fused-ring (bicyclic) bond motifs is 1. The van der Waals surface area contributed by atoms with Crippen molar-refractivity contribution in [3.05, 3.63) is 35.3 Å². The molecule has 3 rings (SSSR count). The SMILES string of the molecule is OCc1c(Cl)ncnc1N1CCn2ccnc2C1. The summed E-state index contributed by atoms with van der Waals surface area (Å²) in [7, 11) is 0. The van der Waals surface area contributed by atoms with Crippen molar-refractivity contribution in [1.29, 1.82) is 0 Å². The largest absolute Gasteiger partial charge is 0.391 e. The topological polar surface area (TPSA) is 67.1 Å². The summed E-state index contributed by atoms with van der Waals surface area (Å²) in [5.41, 5.74) is 0.569. The van der Waals surface area contributed by atoms with Gasteiger partial charge in [0.1, 0.15) is 23.1 Å². The van der Waals surface area contributed by atoms with Crippen molar-refractivity contribution in [1.82, 2.24) is 19.5 Å². The Morgan fingerprint density at radius 1 is 1.28 bits per heavy atom. The minimum Gasteiger partial charge on any atom is -0.391 e. The van der Waals surface area contributed by atoms with Gasteiger partial charge in [-0.2, -0.15) is 0 Å². The van der Waals surface area contributed by atoms with Crippen molar-refractivity contribution in [3.8, 4) is 0 Å². The van der Waals surface area contributed by atoms with Crippen molar-refractivity contribution in [2.75, 3.05) is 11.4 Å². The van der Waals surface area contributed by atoms with Gasteiger partial charge in [0.05, 0.1) is 18.7 Å². The lowest BCUT2D eigenvalue weighted by Gasteiger charge is -2.29. The first-order valence-corrected chi connectivity index (χ1v) is 6.02. The Hall–Kier alpha value is -1.66. The summed E-state index contributed by atoms with van der Waals surface area (Å²) in [6.45, 7) is 2.15.